The Hall–Kier alpha value is -1.84. The molecule has 1 saturated carbocycles. The highest BCUT2D eigenvalue weighted by molar-refractivity contribution is 5.94. The minimum Gasteiger partial charge on any atom is -0.353 e. The molecule has 1 aromatic heterocycles. The third-order valence-electron chi connectivity index (χ3n) is 5.11. The van der Waals surface area contributed by atoms with Crippen LogP contribution >= 0.6 is 0 Å². The van der Waals surface area contributed by atoms with Crippen LogP contribution in [0.4, 0.5) is 5.82 Å². The third-order valence-corrected chi connectivity index (χ3v) is 5.11. The van der Waals surface area contributed by atoms with Gasteiger partial charge in [-0.1, -0.05) is 25.8 Å². The van der Waals surface area contributed by atoms with Crippen LogP contribution in [0.1, 0.15) is 43.0 Å². The van der Waals surface area contributed by atoms with Crippen molar-refractivity contribution in [2.75, 3.05) is 18.0 Å². The summed E-state index contributed by atoms with van der Waals surface area (Å²) < 4.78 is 0. The van der Waals surface area contributed by atoms with E-state index in [1.807, 2.05) is 12.1 Å². The van der Waals surface area contributed by atoms with E-state index in [0.717, 1.165) is 24.2 Å². The van der Waals surface area contributed by atoms with Gasteiger partial charge in [0.1, 0.15) is 5.82 Å². The summed E-state index contributed by atoms with van der Waals surface area (Å²) in [5.41, 5.74) is 0.609. The van der Waals surface area contributed by atoms with Crippen LogP contribution in [-0.4, -0.2) is 30.0 Å². The van der Waals surface area contributed by atoms with E-state index in [4.69, 9.17) is 0 Å². The maximum Gasteiger partial charge on any atom is 0.253 e. The molecule has 118 valence electrons. The number of pyridine rings is 1. The zero-order valence-electron chi connectivity index (χ0n) is 13.3. The Kier molecular flexibility index (Phi) is 4.46. The van der Waals surface area contributed by atoms with Crippen LogP contribution in [0.2, 0.25) is 0 Å². The molecule has 1 aliphatic heterocycles. The summed E-state index contributed by atoms with van der Waals surface area (Å²) in [6, 6.07) is 4.50. The van der Waals surface area contributed by atoms with Gasteiger partial charge in [-0.2, -0.15) is 0 Å². The minimum absolute atomic E-state index is 0.0933. The molecule has 3 unspecified atom stereocenters. The summed E-state index contributed by atoms with van der Waals surface area (Å²) in [4.78, 5) is 18.9. The Labute approximate surface area is 132 Å². The van der Waals surface area contributed by atoms with Crippen LogP contribution < -0.4 is 10.2 Å². The maximum absolute atomic E-state index is 11.9. The van der Waals surface area contributed by atoms with E-state index >= 15 is 0 Å². The van der Waals surface area contributed by atoms with Crippen molar-refractivity contribution in [2.45, 2.75) is 38.6 Å². The zero-order valence-corrected chi connectivity index (χ0v) is 13.3. The van der Waals surface area contributed by atoms with Gasteiger partial charge in [0.2, 0.25) is 0 Å². The van der Waals surface area contributed by atoms with Gasteiger partial charge in [-0.15, -0.1) is 6.58 Å². The summed E-state index contributed by atoms with van der Waals surface area (Å²) in [6.07, 6.45) is 8.69. The summed E-state index contributed by atoms with van der Waals surface area (Å²) >= 11 is 0. The molecule has 4 nitrogen and oxygen atoms in total. The number of hydrogen-bond acceptors (Lipinski definition) is 3. The van der Waals surface area contributed by atoms with Crippen molar-refractivity contribution in [3.8, 4) is 0 Å². The van der Waals surface area contributed by atoms with Gasteiger partial charge in [-0.05, 0) is 36.8 Å². The number of anilines is 1. The molecule has 0 radical (unpaired) electrons. The van der Waals surface area contributed by atoms with Gasteiger partial charge < -0.3 is 10.2 Å². The molecule has 2 heterocycles. The first-order chi connectivity index (χ1) is 10.7. The van der Waals surface area contributed by atoms with Crippen molar-refractivity contribution in [2.24, 2.45) is 11.8 Å². The highest BCUT2D eigenvalue weighted by atomic mass is 16.1. The van der Waals surface area contributed by atoms with Crippen molar-refractivity contribution in [1.29, 1.82) is 0 Å². The molecule has 3 atom stereocenters. The second kappa shape index (κ2) is 6.51. The summed E-state index contributed by atoms with van der Waals surface area (Å²) in [5.74, 6) is 2.47. The molecule has 22 heavy (non-hydrogen) atoms. The number of amides is 1. The van der Waals surface area contributed by atoms with Crippen LogP contribution in [0, 0.1) is 11.8 Å². The summed E-state index contributed by atoms with van der Waals surface area (Å²) in [7, 11) is 0. The lowest BCUT2D eigenvalue weighted by molar-refractivity contribution is 0.0957. The standard InChI is InChI=1S/C18H25N3O/c1-3-10-19-18(22)14-8-9-17(20-11-14)21-12-13(2)15-6-4-5-7-16(15)21/h3,8-9,11,13,15-16H,1,4-7,10,12H2,2H3,(H,19,22). The predicted octanol–water partition coefficient (Wildman–Crippen LogP) is 3.01. The first kappa shape index (κ1) is 15.1. The fourth-order valence-electron chi connectivity index (χ4n) is 3.99. The highest BCUT2D eigenvalue weighted by Gasteiger charge is 2.40. The molecule has 1 aromatic rings. The first-order valence-corrected chi connectivity index (χ1v) is 8.32. The fourth-order valence-corrected chi connectivity index (χ4v) is 3.99. The van der Waals surface area contributed by atoms with Crippen molar-refractivity contribution in [1.82, 2.24) is 10.3 Å². The molecular weight excluding hydrogens is 274 g/mol. The second-order valence-corrected chi connectivity index (χ2v) is 6.55. The van der Waals surface area contributed by atoms with Crippen LogP contribution in [0.3, 0.4) is 0 Å². The molecule has 0 bridgehead atoms. The van der Waals surface area contributed by atoms with E-state index in [2.05, 4.69) is 28.7 Å². The molecule has 2 aliphatic rings. The largest absolute Gasteiger partial charge is 0.353 e. The molecule has 1 N–H and O–H groups in total. The van der Waals surface area contributed by atoms with Gasteiger partial charge in [0.05, 0.1) is 5.56 Å². The number of nitrogens with one attached hydrogen (secondary N) is 1. The number of fused-ring (bicyclic) bond motifs is 1. The predicted molar refractivity (Wildman–Crippen MR) is 89.0 cm³/mol. The van der Waals surface area contributed by atoms with Gasteiger partial charge in [0.15, 0.2) is 0 Å². The Bertz CT molecular complexity index is 540. The molecule has 1 amide bonds. The number of rotatable bonds is 4. The van der Waals surface area contributed by atoms with E-state index in [0.29, 0.717) is 18.2 Å². The van der Waals surface area contributed by atoms with Crippen LogP contribution in [0.15, 0.2) is 31.0 Å². The molecule has 1 saturated heterocycles. The Morgan fingerprint density at radius 1 is 1.45 bits per heavy atom. The van der Waals surface area contributed by atoms with Gasteiger partial charge in [-0.3, -0.25) is 4.79 Å². The SMILES string of the molecule is C=CCNC(=O)c1ccc(N2CC(C)C3CCCCC32)nc1. The van der Waals surface area contributed by atoms with E-state index < -0.39 is 0 Å². The van der Waals surface area contributed by atoms with E-state index in [-0.39, 0.29) is 5.91 Å². The molecule has 2 fully saturated rings. The van der Waals surface area contributed by atoms with Crippen molar-refractivity contribution in [3.63, 3.8) is 0 Å². The Morgan fingerprint density at radius 2 is 2.27 bits per heavy atom. The van der Waals surface area contributed by atoms with E-state index in [1.54, 1.807) is 12.3 Å². The van der Waals surface area contributed by atoms with Gasteiger partial charge in [0, 0.05) is 25.3 Å². The lowest BCUT2D eigenvalue weighted by atomic mass is 9.80. The van der Waals surface area contributed by atoms with Crippen LogP contribution in [0.25, 0.3) is 0 Å². The van der Waals surface area contributed by atoms with Crippen LogP contribution in [-0.2, 0) is 0 Å². The van der Waals surface area contributed by atoms with E-state index in [1.165, 1.54) is 25.7 Å². The van der Waals surface area contributed by atoms with Crippen molar-refractivity contribution >= 4 is 11.7 Å². The molecule has 0 spiro atoms. The second-order valence-electron chi connectivity index (χ2n) is 6.55. The summed E-state index contributed by atoms with van der Waals surface area (Å²) in [5, 5.41) is 2.78. The number of nitrogens with zero attached hydrogens (tertiary/aromatic N) is 2. The monoisotopic (exact) mass is 299 g/mol. The zero-order chi connectivity index (χ0) is 15.5. The normalized spacial score (nSPS) is 27.3. The number of carbonyl (C=O) groups excluding carboxylic acids is 1. The number of carbonyl (C=O) groups is 1. The Morgan fingerprint density at radius 3 is 3.00 bits per heavy atom. The highest BCUT2D eigenvalue weighted by Crippen LogP contribution is 2.41. The van der Waals surface area contributed by atoms with Gasteiger partial charge in [-0.25, -0.2) is 4.98 Å². The molecule has 1 aliphatic carbocycles. The average molecular weight is 299 g/mol. The quantitative estimate of drug-likeness (QED) is 0.869. The van der Waals surface area contributed by atoms with Crippen molar-refractivity contribution < 1.29 is 4.79 Å². The fraction of sp³-hybridized carbons (Fsp3) is 0.556. The maximum atomic E-state index is 11.9. The summed E-state index contributed by atoms with van der Waals surface area (Å²) in [6.45, 7) is 7.53. The lowest BCUT2D eigenvalue weighted by Crippen LogP contribution is -2.35. The molecule has 3 rings (SSSR count). The number of aromatic nitrogens is 1. The molecule has 0 aromatic carbocycles. The van der Waals surface area contributed by atoms with E-state index in [9.17, 15) is 4.79 Å². The molecule has 4 heteroatoms. The third kappa shape index (κ3) is 2.87. The van der Waals surface area contributed by atoms with Gasteiger partial charge in [0.25, 0.3) is 5.91 Å². The van der Waals surface area contributed by atoms with Gasteiger partial charge >= 0.3 is 0 Å². The topological polar surface area (TPSA) is 45.2 Å². The van der Waals surface area contributed by atoms with Crippen molar-refractivity contribution in [3.05, 3.63) is 36.5 Å². The lowest BCUT2D eigenvalue weighted by Gasteiger charge is -2.32. The average Bonchev–Trinajstić information content (AvgIpc) is 2.90. The first-order valence-electron chi connectivity index (χ1n) is 8.32. The Balaban J connectivity index is 1.72. The van der Waals surface area contributed by atoms with Crippen LogP contribution in [0.5, 0.6) is 0 Å². The molecular formula is C18H25N3O. The number of hydrogen-bond donors (Lipinski definition) is 1. The minimum atomic E-state index is -0.0933. The smallest absolute Gasteiger partial charge is 0.253 e.